The zero-order valence-electron chi connectivity index (χ0n) is 12.0. The molecule has 0 saturated heterocycles. The summed E-state index contributed by atoms with van der Waals surface area (Å²) >= 11 is 0. The highest BCUT2D eigenvalue weighted by atomic mass is 16.2. The molecule has 0 fully saturated rings. The number of hydrogen-bond donors (Lipinski definition) is 1. The lowest BCUT2D eigenvalue weighted by Gasteiger charge is -2.15. The third-order valence-corrected chi connectivity index (χ3v) is 3.37. The predicted octanol–water partition coefficient (Wildman–Crippen LogP) is 2.54. The van der Waals surface area contributed by atoms with E-state index in [9.17, 15) is 4.79 Å². The lowest BCUT2D eigenvalue weighted by molar-refractivity contribution is 0.0773. The van der Waals surface area contributed by atoms with Gasteiger partial charge in [0.05, 0.1) is 0 Å². The first-order chi connectivity index (χ1) is 10.1. The van der Waals surface area contributed by atoms with E-state index in [1.165, 1.54) is 10.8 Å². The molecule has 1 aromatic heterocycles. The van der Waals surface area contributed by atoms with E-state index in [-0.39, 0.29) is 11.7 Å². The van der Waals surface area contributed by atoms with Gasteiger partial charge in [0.15, 0.2) is 0 Å². The lowest BCUT2D eigenvalue weighted by Crippen LogP contribution is -2.27. The Hall–Kier alpha value is -2.69. The van der Waals surface area contributed by atoms with Gasteiger partial charge in [-0.1, -0.05) is 36.4 Å². The second-order valence-corrected chi connectivity index (χ2v) is 5.09. The van der Waals surface area contributed by atoms with Crippen LogP contribution in [0, 0.1) is 6.92 Å². The minimum absolute atomic E-state index is 0.187. The van der Waals surface area contributed by atoms with Gasteiger partial charge in [0.25, 0.3) is 5.91 Å². The number of rotatable bonds is 3. The Morgan fingerprint density at radius 3 is 2.67 bits per heavy atom. The van der Waals surface area contributed by atoms with Gasteiger partial charge in [-0.25, -0.2) is 4.98 Å². The van der Waals surface area contributed by atoms with E-state index in [1.54, 1.807) is 18.9 Å². The number of aromatic nitrogens is 3. The van der Waals surface area contributed by atoms with E-state index in [0.717, 1.165) is 5.56 Å². The maximum Gasteiger partial charge on any atom is 0.293 e. The van der Waals surface area contributed by atoms with Crippen molar-refractivity contribution in [1.29, 1.82) is 0 Å². The number of H-pyrrole nitrogens is 1. The molecule has 0 atom stereocenters. The number of benzene rings is 2. The Bertz CT molecular complexity index is 794. The van der Waals surface area contributed by atoms with Crippen LogP contribution in [0.2, 0.25) is 0 Å². The van der Waals surface area contributed by atoms with Gasteiger partial charge in [-0.05, 0) is 29.3 Å². The molecule has 0 aliphatic heterocycles. The van der Waals surface area contributed by atoms with Crippen LogP contribution in [0.4, 0.5) is 0 Å². The van der Waals surface area contributed by atoms with Crippen LogP contribution in [0.15, 0.2) is 42.5 Å². The molecule has 1 heterocycles. The summed E-state index contributed by atoms with van der Waals surface area (Å²) in [6.45, 7) is 2.30. The summed E-state index contributed by atoms with van der Waals surface area (Å²) in [6.07, 6.45) is 0. The molecule has 3 rings (SSSR count). The second kappa shape index (κ2) is 5.36. The molecular formula is C16H16N4O. The topological polar surface area (TPSA) is 61.9 Å². The molecule has 5 nitrogen and oxygen atoms in total. The summed E-state index contributed by atoms with van der Waals surface area (Å²) in [5, 5.41) is 8.95. The van der Waals surface area contributed by atoms with Gasteiger partial charge in [0, 0.05) is 13.6 Å². The first-order valence-electron chi connectivity index (χ1n) is 6.75. The highest BCUT2D eigenvalue weighted by Gasteiger charge is 2.16. The molecule has 0 aliphatic carbocycles. The Kier molecular flexibility index (Phi) is 3.39. The van der Waals surface area contributed by atoms with Crippen LogP contribution < -0.4 is 0 Å². The smallest absolute Gasteiger partial charge is 0.293 e. The molecule has 1 amide bonds. The van der Waals surface area contributed by atoms with E-state index in [2.05, 4.69) is 39.4 Å². The zero-order valence-corrected chi connectivity index (χ0v) is 12.0. The van der Waals surface area contributed by atoms with E-state index >= 15 is 0 Å². The summed E-state index contributed by atoms with van der Waals surface area (Å²) in [5.41, 5.74) is 1.08. The lowest BCUT2D eigenvalue weighted by atomic mass is 10.1. The van der Waals surface area contributed by atoms with Gasteiger partial charge in [0.1, 0.15) is 5.82 Å². The summed E-state index contributed by atoms with van der Waals surface area (Å²) in [7, 11) is 1.75. The van der Waals surface area contributed by atoms with Crippen molar-refractivity contribution in [1.82, 2.24) is 20.1 Å². The van der Waals surface area contributed by atoms with Crippen molar-refractivity contribution in [3.8, 4) is 0 Å². The molecule has 0 bridgehead atoms. The number of fused-ring (bicyclic) bond motifs is 1. The van der Waals surface area contributed by atoms with Crippen LogP contribution in [-0.4, -0.2) is 33.0 Å². The van der Waals surface area contributed by atoms with E-state index in [0.29, 0.717) is 12.4 Å². The molecule has 106 valence electrons. The summed E-state index contributed by atoms with van der Waals surface area (Å²) in [6, 6.07) is 14.4. The van der Waals surface area contributed by atoms with Crippen LogP contribution in [0.25, 0.3) is 10.8 Å². The average Bonchev–Trinajstić information content (AvgIpc) is 2.93. The quantitative estimate of drug-likeness (QED) is 0.802. The SMILES string of the molecule is Cc1nc(C(=O)N(C)Cc2ccc3ccccc3c2)n[nH]1. The Morgan fingerprint density at radius 1 is 1.19 bits per heavy atom. The Morgan fingerprint density at radius 2 is 1.95 bits per heavy atom. The van der Waals surface area contributed by atoms with Crippen LogP contribution in [0.3, 0.4) is 0 Å². The molecule has 0 radical (unpaired) electrons. The highest BCUT2D eigenvalue weighted by Crippen LogP contribution is 2.16. The molecule has 0 spiro atoms. The zero-order chi connectivity index (χ0) is 14.8. The molecule has 21 heavy (non-hydrogen) atoms. The third kappa shape index (κ3) is 2.76. The second-order valence-electron chi connectivity index (χ2n) is 5.09. The maximum absolute atomic E-state index is 12.2. The highest BCUT2D eigenvalue weighted by molar-refractivity contribution is 5.90. The van der Waals surface area contributed by atoms with Gasteiger partial charge in [-0.2, -0.15) is 0 Å². The largest absolute Gasteiger partial charge is 0.335 e. The fourth-order valence-corrected chi connectivity index (χ4v) is 2.29. The van der Waals surface area contributed by atoms with Crippen LogP contribution >= 0.6 is 0 Å². The van der Waals surface area contributed by atoms with Gasteiger partial charge < -0.3 is 4.90 Å². The predicted molar refractivity (Wildman–Crippen MR) is 80.9 cm³/mol. The van der Waals surface area contributed by atoms with Gasteiger partial charge >= 0.3 is 0 Å². The molecule has 0 saturated carbocycles. The van der Waals surface area contributed by atoms with E-state index in [4.69, 9.17) is 0 Å². The molecule has 1 N–H and O–H groups in total. The molecular weight excluding hydrogens is 264 g/mol. The number of aryl methyl sites for hydroxylation is 1. The first-order valence-corrected chi connectivity index (χ1v) is 6.75. The Balaban J connectivity index is 1.79. The van der Waals surface area contributed by atoms with Crippen molar-refractivity contribution in [2.24, 2.45) is 0 Å². The van der Waals surface area contributed by atoms with Gasteiger partial charge in [-0.3, -0.25) is 9.89 Å². The third-order valence-electron chi connectivity index (χ3n) is 3.37. The molecule has 2 aromatic carbocycles. The van der Waals surface area contributed by atoms with Crippen molar-refractivity contribution in [3.63, 3.8) is 0 Å². The molecule has 0 aliphatic rings. The number of nitrogens with one attached hydrogen (secondary N) is 1. The Labute approximate surface area is 122 Å². The number of carbonyl (C=O) groups is 1. The normalized spacial score (nSPS) is 10.8. The molecule has 0 unspecified atom stereocenters. The van der Waals surface area contributed by atoms with Crippen LogP contribution in [0.1, 0.15) is 22.0 Å². The number of carbonyl (C=O) groups excluding carboxylic acids is 1. The summed E-state index contributed by atoms with van der Waals surface area (Å²) in [5.74, 6) is 0.653. The number of hydrogen-bond acceptors (Lipinski definition) is 3. The van der Waals surface area contributed by atoms with Crippen LogP contribution in [0.5, 0.6) is 0 Å². The minimum atomic E-state index is -0.187. The molecule has 5 heteroatoms. The van der Waals surface area contributed by atoms with Crippen molar-refractivity contribution in [3.05, 3.63) is 59.7 Å². The standard InChI is InChI=1S/C16H16N4O/c1-11-17-15(19-18-11)16(21)20(2)10-12-7-8-13-5-3-4-6-14(13)9-12/h3-9H,10H2,1-2H3,(H,17,18,19). The number of nitrogens with zero attached hydrogens (tertiary/aromatic N) is 3. The summed E-state index contributed by atoms with van der Waals surface area (Å²) < 4.78 is 0. The fourth-order valence-electron chi connectivity index (χ4n) is 2.29. The fraction of sp³-hybridized carbons (Fsp3) is 0.188. The number of amides is 1. The first kappa shape index (κ1) is 13.3. The van der Waals surface area contributed by atoms with E-state index in [1.807, 2.05) is 18.2 Å². The summed E-state index contributed by atoms with van der Waals surface area (Å²) in [4.78, 5) is 17.9. The van der Waals surface area contributed by atoms with Crippen molar-refractivity contribution in [2.45, 2.75) is 13.5 Å². The van der Waals surface area contributed by atoms with Crippen molar-refractivity contribution >= 4 is 16.7 Å². The number of aromatic amines is 1. The average molecular weight is 280 g/mol. The van der Waals surface area contributed by atoms with Gasteiger partial charge in [-0.15, -0.1) is 5.10 Å². The maximum atomic E-state index is 12.2. The van der Waals surface area contributed by atoms with Crippen LogP contribution in [-0.2, 0) is 6.54 Å². The van der Waals surface area contributed by atoms with E-state index < -0.39 is 0 Å². The van der Waals surface area contributed by atoms with Crippen molar-refractivity contribution in [2.75, 3.05) is 7.05 Å². The minimum Gasteiger partial charge on any atom is -0.335 e. The van der Waals surface area contributed by atoms with Crippen molar-refractivity contribution < 1.29 is 4.79 Å². The molecule has 3 aromatic rings. The monoisotopic (exact) mass is 280 g/mol. The van der Waals surface area contributed by atoms with Gasteiger partial charge in [0.2, 0.25) is 5.82 Å².